The van der Waals surface area contributed by atoms with E-state index >= 15 is 0 Å². The van der Waals surface area contributed by atoms with Crippen molar-refractivity contribution in [2.24, 2.45) is 0 Å². The highest BCUT2D eigenvalue weighted by Gasteiger charge is 2.32. The number of carbonyl (C=O) groups is 1. The first-order valence-corrected chi connectivity index (χ1v) is 11.7. The molecule has 2 aromatic carbocycles. The summed E-state index contributed by atoms with van der Waals surface area (Å²) in [5.74, 6) is 1.59. The maximum Gasteiger partial charge on any atom is 0.267 e. The van der Waals surface area contributed by atoms with Crippen LogP contribution in [0.4, 0.5) is 4.39 Å². The van der Waals surface area contributed by atoms with E-state index in [1.165, 1.54) is 12.1 Å². The number of amides is 1. The Morgan fingerprint density at radius 2 is 1.85 bits per heavy atom. The van der Waals surface area contributed by atoms with Gasteiger partial charge in [0.1, 0.15) is 29.8 Å². The molecule has 2 aliphatic rings. The Morgan fingerprint density at radius 3 is 2.64 bits per heavy atom. The van der Waals surface area contributed by atoms with Crippen LogP contribution in [0.1, 0.15) is 10.7 Å². The van der Waals surface area contributed by atoms with Crippen molar-refractivity contribution < 1.29 is 23.4 Å². The molecule has 0 saturated carbocycles. The minimum Gasteiger partial charge on any atom is -0.486 e. The summed E-state index contributed by atoms with van der Waals surface area (Å²) in [5, 5.41) is 2.91. The van der Waals surface area contributed by atoms with Gasteiger partial charge in [0.25, 0.3) is 5.91 Å². The molecule has 1 atom stereocenters. The number of para-hydroxylation sites is 2. The lowest BCUT2D eigenvalue weighted by Crippen LogP contribution is -2.53. The van der Waals surface area contributed by atoms with Gasteiger partial charge < -0.3 is 19.1 Å². The van der Waals surface area contributed by atoms with E-state index in [9.17, 15) is 9.18 Å². The molecule has 3 heterocycles. The summed E-state index contributed by atoms with van der Waals surface area (Å²) in [4.78, 5) is 21.7. The zero-order chi connectivity index (χ0) is 22.6. The first-order valence-electron chi connectivity index (χ1n) is 10.9. The summed E-state index contributed by atoms with van der Waals surface area (Å²) in [7, 11) is 0. The van der Waals surface area contributed by atoms with E-state index in [1.54, 1.807) is 23.5 Å². The zero-order valence-corrected chi connectivity index (χ0v) is 18.8. The predicted octanol–water partition coefficient (Wildman–Crippen LogP) is 3.35. The van der Waals surface area contributed by atoms with Crippen LogP contribution in [0.5, 0.6) is 17.2 Å². The molecule has 0 N–H and O–H groups in total. The molecule has 0 unspecified atom stereocenters. The Bertz CT molecular complexity index is 1100. The number of halogens is 1. The Kier molecular flexibility index (Phi) is 6.41. The summed E-state index contributed by atoms with van der Waals surface area (Å²) in [6.07, 6.45) is -0.603. The van der Waals surface area contributed by atoms with Gasteiger partial charge in [-0.2, -0.15) is 0 Å². The quantitative estimate of drug-likeness (QED) is 0.552. The van der Waals surface area contributed by atoms with Crippen LogP contribution in [0.15, 0.2) is 53.9 Å². The number of hydrogen-bond donors (Lipinski definition) is 0. The summed E-state index contributed by atoms with van der Waals surface area (Å²) < 4.78 is 30.2. The van der Waals surface area contributed by atoms with E-state index in [0.29, 0.717) is 36.9 Å². The lowest BCUT2D eigenvalue weighted by molar-refractivity contribution is -0.143. The van der Waals surface area contributed by atoms with E-state index in [4.69, 9.17) is 14.2 Å². The second-order valence-electron chi connectivity index (χ2n) is 7.94. The smallest absolute Gasteiger partial charge is 0.267 e. The topological polar surface area (TPSA) is 64.1 Å². The molecule has 1 fully saturated rings. The third-order valence-electron chi connectivity index (χ3n) is 5.63. The lowest BCUT2D eigenvalue weighted by Gasteiger charge is -2.36. The fourth-order valence-electron chi connectivity index (χ4n) is 3.86. The van der Waals surface area contributed by atoms with Gasteiger partial charge in [-0.15, -0.1) is 11.3 Å². The maximum absolute atomic E-state index is 13.0. The Morgan fingerprint density at radius 1 is 1.09 bits per heavy atom. The molecule has 172 valence electrons. The number of benzene rings is 2. The summed E-state index contributed by atoms with van der Waals surface area (Å²) in [6, 6.07) is 13.4. The summed E-state index contributed by atoms with van der Waals surface area (Å²) in [5.41, 5.74) is 0.984. The molecular weight excluding hydrogens is 445 g/mol. The molecule has 0 spiro atoms. The lowest BCUT2D eigenvalue weighted by atomic mass is 10.2. The van der Waals surface area contributed by atoms with E-state index in [0.717, 1.165) is 30.3 Å². The minimum absolute atomic E-state index is 0.0296. The SMILES string of the molecule is O=C([C@@H]1COc2ccccc2O1)N1CCN(Cc2csc(COc3ccc(F)cc3)n2)CC1. The van der Waals surface area contributed by atoms with Gasteiger partial charge in [-0.3, -0.25) is 9.69 Å². The summed E-state index contributed by atoms with van der Waals surface area (Å²) >= 11 is 1.55. The van der Waals surface area contributed by atoms with Crippen LogP contribution in [0, 0.1) is 5.82 Å². The molecular formula is C24H24FN3O4S. The number of piperazine rings is 1. The van der Waals surface area contributed by atoms with E-state index in [1.807, 2.05) is 34.5 Å². The molecule has 2 aliphatic heterocycles. The maximum atomic E-state index is 13.0. The van der Waals surface area contributed by atoms with Crippen LogP contribution < -0.4 is 14.2 Å². The average Bonchev–Trinajstić information content (AvgIpc) is 3.30. The predicted molar refractivity (Wildman–Crippen MR) is 121 cm³/mol. The first-order chi connectivity index (χ1) is 16.1. The molecule has 1 aromatic heterocycles. The van der Waals surface area contributed by atoms with E-state index < -0.39 is 6.10 Å². The van der Waals surface area contributed by atoms with Crippen LogP contribution in [0.25, 0.3) is 0 Å². The van der Waals surface area contributed by atoms with Gasteiger partial charge in [-0.25, -0.2) is 9.37 Å². The fraction of sp³-hybridized carbons (Fsp3) is 0.333. The Labute approximate surface area is 195 Å². The van der Waals surface area contributed by atoms with Crippen molar-refractivity contribution in [2.75, 3.05) is 32.8 Å². The van der Waals surface area contributed by atoms with Crippen molar-refractivity contribution in [1.82, 2.24) is 14.8 Å². The highest BCUT2D eigenvalue weighted by Crippen LogP contribution is 2.31. The summed E-state index contributed by atoms with van der Waals surface area (Å²) in [6.45, 7) is 4.15. The van der Waals surface area contributed by atoms with Crippen LogP contribution in [-0.2, 0) is 17.9 Å². The van der Waals surface area contributed by atoms with Gasteiger partial charge in [-0.1, -0.05) is 12.1 Å². The molecule has 3 aromatic rings. The van der Waals surface area contributed by atoms with Crippen molar-refractivity contribution in [3.05, 3.63) is 70.4 Å². The number of rotatable bonds is 6. The number of thiazole rings is 1. The van der Waals surface area contributed by atoms with Crippen LogP contribution in [-0.4, -0.2) is 59.6 Å². The highest BCUT2D eigenvalue weighted by molar-refractivity contribution is 7.09. The number of hydrogen-bond acceptors (Lipinski definition) is 7. The third kappa shape index (κ3) is 5.26. The molecule has 0 bridgehead atoms. The molecule has 1 amide bonds. The minimum atomic E-state index is -0.603. The van der Waals surface area contributed by atoms with Crippen molar-refractivity contribution in [3.8, 4) is 17.2 Å². The van der Waals surface area contributed by atoms with Crippen LogP contribution in [0.2, 0.25) is 0 Å². The van der Waals surface area contributed by atoms with Crippen molar-refractivity contribution in [2.45, 2.75) is 19.3 Å². The van der Waals surface area contributed by atoms with Gasteiger partial charge >= 0.3 is 0 Å². The molecule has 5 rings (SSSR count). The van der Waals surface area contributed by atoms with Gasteiger partial charge in [0, 0.05) is 38.1 Å². The molecule has 7 nitrogen and oxygen atoms in total. The number of nitrogens with zero attached hydrogens (tertiary/aromatic N) is 3. The van der Waals surface area contributed by atoms with Gasteiger partial charge in [0.05, 0.1) is 5.69 Å². The van der Waals surface area contributed by atoms with Crippen LogP contribution >= 0.6 is 11.3 Å². The van der Waals surface area contributed by atoms with Gasteiger partial charge in [0.15, 0.2) is 11.5 Å². The second-order valence-corrected chi connectivity index (χ2v) is 8.88. The Hall–Kier alpha value is -3.17. The van der Waals surface area contributed by atoms with E-state index in [2.05, 4.69) is 9.88 Å². The number of aromatic nitrogens is 1. The zero-order valence-electron chi connectivity index (χ0n) is 18.0. The number of ether oxygens (including phenoxy) is 3. The molecule has 0 aliphatic carbocycles. The van der Waals surface area contributed by atoms with Gasteiger partial charge in [0.2, 0.25) is 6.10 Å². The standard InChI is InChI=1S/C24H24FN3O4S/c25-17-5-7-19(8-6-17)30-15-23-26-18(16-33-23)13-27-9-11-28(12-10-27)24(29)22-14-31-20-3-1-2-4-21(20)32-22/h1-8,16,22H,9-15H2/t22-/m0/s1. The fourth-order valence-corrected chi connectivity index (χ4v) is 4.56. The van der Waals surface area contributed by atoms with Crippen LogP contribution in [0.3, 0.4) is 0 Å². The van der Waals surface area contributed by atoms with Gasteiger partial charge in [-0.05, 0) is 36.4 Å². The third-order valence-corrected chi connectivity index (χ3v) is 6.50. The molecule has 33 heavy (non-hydrogen) atoms. The first kappa shape index (κ1) is 21.7. The van der Waals surface area contributed by atoms with E-state index in [-0.39, 0.29) is 18.3 Å². The number of carbonyl (C=O) groups excluding carboxylic acids is 1. The highest BCUT2D eigenvalue weighted by atomic mass is 32.1. The second kappa shape index (κ2) is 9.76. The molecule has 9 heteroatoms. The molecule has 1 saturated heterocycles. The number of fused-ring (bicyclic) bond motifs is 1. The van der Waals surface area contributed by atoms with Crippen molar-refractivity contribution >= 4 is 17.2 Å². The van der Waals surface area contributed by atoms with Crippen molar-refractivity contribution in [1.29, 1.82) is 0 Å². The molecule has 0 radical (unpaired) electrons. The largest absolute Gasteiger partial charge is 0.486 e. The normalized spacial score (nSPS) is 18.2. The average molecular weight is 470 g/mol. The Balaban J connectivity index is 1.08. The van der Waals surface area contributed by atoms with Crippen molar-refractivity contribution in [3.63, 3.8) is 0 Å². The monoisotopic (exact) mass is 469 g/mol.